The van der Waals surface area contributed by atoms with E-state index in [1.807, 2.05) is 20.2 Å². The smallest absolute Gasteiger partial charge is 0.146 e. The van der Waals surface area contributed by atoms with Gasteiger partial charge >= 0.3 is 0 Å². The zero-order valence-corrected chi connectivity index (χ0v) is 12.5. The molecule has 0 spiro atoms. The maximum absolute atomic E-state index is 13.8. The Morgan fingerprint density at radius 1 is 1.28 bits per heavy atom. The van der Waals surface area contributed by atoms with Crippen LogP contribution < -0.4 is 10.2 Å². The number of rotatable bonds is 3. The lowest BCUT2D eigenvalue weighted by Gasteiger charge is -2.36. The number of anilines is 1. The molecule has 4 heteroatoms. The standard InChI is InChI=1S/C14H20BrFN2/c1-17-11-4-6-12(7-5-11)18(2)14-9-10(15)3-8-13(14)16/h3,8-9,11-12,17H,4-7H2,1-2H3. The summed E-state index contributed by atoms with van der Waals surface area (Å²) in [6.07, 6.45) is 4.57. The second-order valence-electron chi connectivity index (χ2n) is 5.00. The Morgan fingerprint density at radius 3 is 2.56 bits per heavy atom. The largest absolute Gasteiger partial charge is 0.369 e. The highest BCUT2D eigenvalue weighted by atomic mass is 79.9. The summed E-state index contributed by atoms with van der Waals surface area (Å²) >= 11 is 3.41. The van der Waals surface area contributed by atoms with Crippen molar-refractivity contribution < 1.29 is 4.39 Å². The van der Waals surface area contributed by atoms with Crippen LogP contribution in [0.1, 0.15) is 25.7 Å². The van der Waals surface area contributed by atoms with E-state index in [9.17, 15) is 4.39 Å². The highest BCUT2D eigenvalue weighted by molar-refractivity contribution is 9.10. The SMILES string of the molecule is CNC1CCC(N(C)c2cc(Br)ccc2F)CC1. The van der Waals surface area contributed by atoms with Crippen molar-refractivity contribution in [2.24, 2.45) is 0 Å². The molecule has 0 amide bonds. The van der Waals surface area contributed by atoms with E-state index < -0.39 is 0 Å². The van der Waals surface area contributed by atoms with Crippen molar-refractivity contribution in [3.8, 4) is 0 Å². The summed E-state index contributed by atoms with van der Waals surface area (Å²) in [5, 5.41) is 3.32. The molecule has 2 nitrogen and oxygen atoms in total. The summed E-state index contributed by atoms with van der Waals surface area (Å²) in [7, 11) is 4.01. The fourth-order valence-corrected chi connectivity index (χ4v) is 3.05. The Labute approximate surface area is 117 Å². The van der Waals surface area contributed by atoms with Crippen LogP contribution in [-0.4, -0.2) is 26.2 Å². The molecular formula is C14H20BrFN2. The quantitative estimate of drug-likeness (QED) is 0.917. The average Bonchev–Trinajstić information content (AvgIpc) is 2.41. The van der Waals surface area contributed by atoms with E-state index in [1.54, 1.807) is 6.07 Å². The van der Waals surface area contributed by atoms with Gasteiger partial charge in [-0.15, -0.1) is 0 Å². The van der Waals surface area contributed by atoms with Gasteiger partial charge in [-0.05, 0) is 50.9 Å². The van der Waals surface area contributed by atoms with Gasteiger partial charge < -0.3 is 10.2 Å². The van der Waals surface area contributed by atoms with E-state index in [4.69, 9.17) is 0 Å². The molecule has 1 aromatic carbocycles. The number of nitrogens with one attached hydrogen (secondary N) is 1. The summed E-state index contributed by atoms with van der Waals surface area (Å²) in [5.74, 6) is -0.142. The predicted molar refractivity (Wildman–Crippen MR) is 77.6 cm³/mol. The molecule has 0 bridgehead atoms. The van der Waals surface area contributed by atoms with Crippen molar-refractivity contribution in [1.29, 1.82) is 0 Å². The number of benzene rings is 1. The summed E-state index contributed by atoms with van der Waals surface area (Å²) < 4.78 is 14.8. The minimum atomic E-state index is -0.142. The highest BCUT2D eigenvalue weighted by Gasteiger charge is 2.24. The van der Waals surface area contributed by atoms with Gasteiger partial charge in [0.1, 0.15) is 5.82 Å². The minimum absolute atomic E-state index is 0.142. The third-order valence-corrected chi connectivity index (χ3v) is 4.43. The van der Waals surface area contributed by atoms with E-state index in [1.165, 1.54) is 18.9 Å². The van der Waals surface area contributed by atoms with Gasteiger partial charge in [-0.3, -0.25) is 0 Å². The van der Waals surface area contributed by atoms with Gasteiger partial charge in [0.25, 0.3) is 0 Å². The Hall–Kier alpha value is -0.610. The van der Waals surface area contributed by atoms with E-state index in [0.717, 1.165) is 17.3 Å². The van der Waals surface area contributed by atoms with Crippen LogP contribution in [0.15, 0.2) is 22.7 Å². The molecule has 1 saturated carbocycles. The van der Waals surface area contributed by atoms with Crippen molar-refractivity contribution in [2.75, 3.05) is 19.0 Å². The molecule has 1 aliphatic carbocycles. The Kier molecular flexibility index (Phi) is 4.62. The van der Waals surface area contributed by atoms with Crippen molar-refractivity contribution in [2.45, 2.75) is 37.8 Å². The van der Waals surface area contributed by atoms with Gasteiger partial charge in [-0.2, -0.15) is 0 Å². The second kappa shape index (κ2) is 6.02. The fourth-order valence-electron chi connectivity index (χ4n) is 2.70. The Morgan fingerprint density at radius 2 is 1.94 bits per heavy atom. The molecule has 1 N–H and O–H groups in total. The normalized spacial score (nSPS) is 24.0. The van der Waals surface area contributed by atoms with E-state index >= 15 is 0 Å². The Balaban J connectivity index is 2.07. The second-order valence-corrected chi connectivity index (χ2v) is 5.92. The number of hydrogen-bond acceptors (Lipinski definition) is 2. The van der Waals surface area contributed by atoms with Crippen LogP contribution in [0.5, 0.6) is 0 Å². The topological polar surface area (TPSA) is 15.3 Å². The molecule has 1 fully saturated rings. The molecule has 0 unspecified atom stereocenters. The molecule has 18 heavy (non-hydrogen) atoms. The van der Waals surface area contributed by atoms with Gasteiger partial charge in [-0.25, -0.2) is 4.39 Å². The van der Waals surface area contributed by atoms with Crippen LogP contribution in [0.2, 0.25) is 0 Å². The predicted octanol–water partition coefficient (Wildman–Crippen LogP) is 3.56. The summed E-state index contributed by atoms with van der Waals surface area (Å²) in [6, 6.07) is 6.19. The van der Waals surface area contributed by atoms with Crippen LogP contribution in [0.4, 0.5) is 10.1 Å². The molecule has 0 atom stereocenters. The first kappa shape index (κ1) is 13.8. The first-order valence-electron chi connectivity index (χ1n) is 6.47. The molecule has 1 aliphatic rings. The van der Waals surface area contributed by atoms with E-state index in [0.29, 0.717) is 17.8 Å². The molecular weight excluding hydrogens is 295 g/mol. The van der Waals surface area contributed by atoms with Crippen LogP contribution in [-0.2, 0) is 0 Å². The van der Waals surface area contributed by atoms with Crippen molar-refractivity contribution in [3.63, 3.8) is 0 Å². The van der Waals surface area contributed by atoms with Gasteiger partial charge in [0.05, 0.1) is 5.69 Å². The zero-order chi connectivity index (χ0) is 13.1. The first-order valence-corrected chi connectivity index (χ1v) is 7.26. The Bertz CT molecular complexity index is 403. The lowest BCUT2D eigenvalue weighted by molar-refractivity contribution is 0.350. The summed E-state index contributed by atoms with van der Waals surface area (Å²) in [5.41, 5.74) is 0.692. The van der Waals surface area contributed by atoms with Crippen LogP contribution in [0.3, 0.4) is 0 Å². The van der Waals surface area contributed by atoms with Gasteiger partial charge in [-0.1, -0.05) is 15.9 Å². The maximum atomic E-state index is 13.8. The zero-order valence-electron chi connectivity index (χ0n) is 10.9. The first-order chi connectivity index (χ1) is 8.61. The lowest BCUT2D eigenvalue weighted by atomic mass is 9.90. The van der Waals surface area contributed by atoms with Crippen molar-refractivity contribution >= 4 is 21.6 Å². The molecule has 100 valence electrons. The summed E-state index contributed by atoms with van der Waals surface area (Å²) in [6.45, 7) is 0. The van der Waals surface area contributed by atoms with E-state index in [-0.39, 0.29) is 5.82 Å². The van der Waals surface area contributed by atoms with Crippen LogP contribution >= 0.6 is 15.9 Å². The lowest BCUT2D eigenvalue weighted by Crippen LogP contribution is -2.40. The van der Waals surface area contributed by atoms with Gasteiger partial charge in [0.15, 0.2) is 0 Å². The third kappa shape index (κ3) is 3.04. The third-order valence-electron chi connectivity index (χ3n) is 3.94. The maximum Gasteiger partial charge on any atom is 0.146 e. The number of nitrogens with zero attached hydrogens (tertiary/aromatic N) is 1. The molecule has 1 aromatic rings. The molecule has 0 radical (unpaired) electrons. The van der Waals surface area contributed by atoms with Crippen LogP contribution in [0, 0.1) is 5.82 Å². The van der Waals surface area contributed by atoms with Crippen molar-refractivity contribution in [1.82, 2.24) is 5.32 Å². The monoisotopic (exact) mass is 314 g/mol. The molecule has 0 saturated heterocycles. The number of hydrogen-bond donors (Lipinski definition) is 1. The molecule has 0 aromatic heterocycles. The molecule has 0 heterocycles. The van der Waals surface area contributed by atoms with E-state index in [2.05, 4.69) is 26.1 Å². The van der Waals surface area contributed by atoms with Crippen molar-refractivity contribution in [3.05, 3.63) is 28.5 Å². The van der Waals surface area contributed by atoms with Gasteiger partial charge in [0, 0.05) is 23.6 Å². The minimum Gasteiger partial charge on any atom is -0.369 e. The summed E-state index contributed by atoms with van der Waals surface area (Å²) in [4.78, 5) is 2.09. The fraction of sp³-hybridized carbons (Fsp3) is 0.571. The molecule has 2 rings (SSSR count). The molecule has 0 aliphatic heterocycles. The number of halogens is 2. The highest BCUT2D eigenvalue weighted by Crippen LogP contribution is 2.29. The van der Waals surface area contributed by atoms with Crippen LogP contribution in [0.25, 0.3) is 0 Å². The average molecular weight is 315 g/mol. The van der Waals surface area contributed by atoms with Gasteiger partial charge in [0.2, 0.25) is 0 Å².